The third-order valence-electron chi connectivity index (χ3n) is 5.62. The van der Waals surface area contributed by atoms with Gasteiger partial charge in [0.1, 0.15) is 11.8 Å². The fraction of sp³-hybridized carbons (Fsp3) is 0.115. The largest absolute Gasteiger partial charge is 0.496 e. The molecule has 2 N–H and O–H groups in total. The molecular formula is C26H22ClN5O2. The number of benzene rings is 3. The van der Waals surface area contributed by atoms with Gasteiger partial charge in [0.15, 0.2) is 0 Å². The van der Waals surface area contributed by atoms with Gasteiger partial charge in [0.25, 0.3) is 11.9 Å². The summed E-state index contributed by atoms with van der Waals surface area (Å²) in [7, 11) is 1.53. The molecule has 0 fully saturated rings. The van der Waals surface area contributed by atoms with E-state index in [9.17, 15) is 4.79 Å². The Bertz CT molecular complexity index is 1380. The van der Waals surface area contributed by atoms with Crippen molar-refractivity contribution in [1.29, 1.82) is 0 Å². The molecule has 0 bridgehead atoms. The smallest absolute Gasteiger partial charge is 0.261 e. The second-order valence-corrected chi connectivity index (χ2v) is 8.36. The predicted octanol–water partition coefficient (Wildman–Crippen LogP) is 5.56. The molecule has 0 unspecified atom stereocenters. The summed E-state index contributed by atoms with van der Waals surface area (Å²) in [5.41, 5.74) is 4.47. The molecule has 2 heterocycles. The quantitative estimate of drug-likeness (QED) is 0.398. The Kier molecular flexibility index (Phi) is 5.77. The number of hydrogen-bond donors (Lipinski definition) is 2. The minimum absolute atomic E-state index is 0.196. The minimum Gasteiger partial charge on any atom is -0.496 e. The van der Waals surface area contributed by atoms with Crippen molar-refractivity contribution < 1.29 is 9.53 Å². The van der Waals surface area contributed by atoms with Crippen molar-refractivity contribution in [3.8, 4) is 5.75 Å². The number of hydrogen-bond acceptors (Lipinski definition) is 5. The number of carbonyl (C=O) groups is 1. The first-order chi connectivity index (χ1) is 16.5. The number of rotatable bonds is 5. The molecule has 0 radical (unpaired) electrons. The molecule has 1 aliphatic heterocycles. The van der Waals surface area contributed by atoms with Crippen LogP contribution in [-0.2, 0) is 0 Å². The number of allylic oxidation sites excluding steroid dienone is 1. The highest BCUT2D eigenvalue weighted by atomic mass is 35.5. The maximum absolute atomic E-state index is 12.9. The van der Waals surface area contributed by atoms with Crippen molar-refractivity contribution in [2.24, 2.45) is 0 Å². The summed E-state index contributed by atoms with van der Waals surface area (Å²) in [4.78, 5) is 17.4. The normalized spacial score (nSPS) is 14.6. The summed E-state index contributed by atoms with van der Waals surface area (Å²) in [5.74, 6) is 0.846. The van der Waals surface area contributed by atoms with Crippen LogP contribution < -0.4 is 15.4 Å². The van der Waals surface area contributed by atoms with E-state index in [1.165, 1.54) is 12.7 Å². The first-order valence-corrected chi connectivity index (χ1v) is 11.1. The maximum Gasteiger partial charge on any atom is 0.261 e. The van der Waals surface area contributed by atoms with Gasteiger partial charge in [-0.05, 0) is 48.4 Å². The molecule has 170 valence electrons. The molecule has 7 nitrogen and oxygen atoms in total. The van der Waals surface area contributed by atoms with Crippen LogP contribution in [0, 0.1) is 6.92 Å². The Hall–Kier alpha value is -4.10. The number of para-hydroxylation sites is 1. The van der Waals surface area contributed by atoms with Gasteiger partial charge in [-0.15, -0.1) is 5.10 Å². The summed E-state index contributed by atoms with van der Waals surface area (Å²) in [6, 6.07) is 22.7. The number of methoxy groups -OCH3 is 1. The number of aryl methyl sites for hydroxylation is 1. The lowest BCUT2D eigenvalue weighted by molar-refractivity contribution is 0.102. The topological polar surface area (TPSA) is 81.1 Å². The number of amides is 1. The van der Waals surface area contributed by atoms with Crippen LogP contribution in [-0.4, -0.2) is 27.8 Å². The van der Waals surface area contributed by atoms with Gasteiger partial charge in [0.05, 0.1) is 12.7 Å². The lowest BCUT2D eigenvalue weighted by atomic mass is 10.0. The molecule has 0 aliphatic carbocycles. The zero-order valence-corrected chi connectivity index (χ0v) is 19.4. The second-order valence-electron chi connectivity index (χ2n) is 7.93. The van der Waals surface area contributed by atoms with Gasteiger partial charge < -0.3 is 10.1 Å². The van der Waals surface area contributed by atoms with Crippen LogP contribution in [0.25, 0.3) is 5.70 Å². The summed E-state index contributed by atoms with van der Waals surface area (Å²) in [6.45, 7) is 2.05. The molecule has 4 aromatic rings. The summed E-state index contributed by atoms with van der Waals surface area (Å²) in [5, 5.41) is 11.4. The molecule has 0 saturated carbocycles. The minimum atomic E-state index is -0.349. The van der Waals surface area contributed by atoms with E-state index in [1.807, 2.05) is 37.3 Å². The third-order valence-corrected chi connectivity index (χ3v) is 5.87. The molecule has 1 aromatic heterocycles. The van der Waals surface area contributed by atoms with Crippen LogP contribution in [0.1, 0.15) is 33.1 Å². The van der Waals surface area contributed by atoms with E-state index in [0.29, 0.717) is 22.3 Å². The van der Waals surface area contributed by atoms with E-state index < -0.39 is 0 Å². The third kappa shape index (κ3) is 4.25. The Balaban J connectivity index is 1.51. The zero-order valence-electron chi connectivity index (χ0n) is 18.6. The van der Waals surface area contributed by atoms with Crippen molar-refractivity contribution >= 4 is 35.1 Å². The Morgan fingerprint density at radius 3 is 2.53 bits per heavy atom. The van der Waals surface area contributed by atoms with E-state index >= 15 is 0 Å². The highest BCUT2D eigenvalue weighted by Gasteiger charge is 2.26. The maximum atomic E-state index is 12.9. The average molecular weight is 472 g/mol. The van der Waals surface area contributed by atoms with Gasteiger partial charge >= 0.3 is 0 Å². The van der Waals surface area contributed by atoms with E-state index in [0.717, 1.165) is 16.8 Å². The lowest BCUT2D eigenvalue weighted by Crippen LogP contribution is -2.20. The van der Waals surface area contributed by atoms with Gasteiger partial charge in [-0.25, -0.2) is 4.68 Å². The SMILES string of the molecule is COc1ccccc1C(=O)Nc1nc2n(n1)[C@H](c1ccc(C)cc1)C=C(c1ccc(Cl)cc1)N2. The van der Waals surface area contributed by atoms with Crippen molar-refractivity contribution in [3.63, 3.8) is 0 Å². The summed E-state index contributed by atoms with van der Waals surface area (Å²) in [6.07, 6.45) is 2.08. The fourth-order valence-electron chi connectivity index (χ4n) is 3.85. The second kappa shape index (κ2) is 9.03. The number of carbonyl (C=O) groups excluding carboxylic acids is 1. The molecule has 0 saturated heterocycles. The van der Waals surface area contributed by atoms with Crippen LogP contribution in [0.4, 0.5) is 11.9 Å². The van der Waals surface area contributed by atoms with Crippen molar-refractivity contribution in [1.82, 2.24) is 14.8 Å². The van der Waals surface area contributed by atoms with E-state index in [-0.39, 0.29) is 17.9 Å². The fourth-order valence-corrected chi connectivity index (χ4v) is 3.97. The zero-order chi connectivity index (χ0) is 23.7. The van der Waals surface area contributed by atoms with E-state index in [4.69, 9.17) is 16.3 Å². The molecule has 3 aromatic carbocycles. The first kappa shape index (κ1) is 21.7. The van der Waals surface area contributed by atoms with Crippen molar-refractivity contribution in [2.75, 3.05) is 17.7 Å². The average Bonchev–Trinajstić information content (AvgIpc) is 3.26. The number of ether oxygens (including phenoxy) is 1. The first-order valence-electron chi connectivity index (χ1n) is 10.7. The molecule has 1 amide bonds. The number of nitrogens with zero attached hydrogens (tertiary/aromatic N) is 3. The molecule has 1 aliphatic rings. The van der Waals surface area contributed by atoms with Crippen LogP contribution in [0.2, 0.25) is 5.02 Å². The van der Waals surface area contributed by atoms with Crippen LogP contribution >= 0.6 is 11.6 Å². The van der Waals surface area contributed by atoms with Gasteiger partial charge in [-0.3, -0.25) is 10.1 Å². The highest BCUT2D eigenvalue weighted by molar-refractivity contribution is 6.30. The summed E-state index contributed by atoms with van der Waals surface area (Å²) >= 11 is 6.08. The van der Waals surface area contributed by atoms with Crippen LogP contribution in [0.5, 0.6) is 5.75 Å². The van der Waals surface area contributed by atoms with Gasteiger partial charge in [-0.2, -0.15) is 4.98 Å². The Labute approximate surface area is 202 Å². The van der Waals surface area contributed by atoms with E-state index in [1.54, 1.807) is 22.9 Å². The van der Waals surface area contributed by atoms with Crippen LogP contribution in [0.3, 0.4) is 0 Å². The molecule has 1 atom stereocenters. The highest BCUT2D eigenvalue weighted by Crippen LogP contribution is 2.33. The van der Waals surface area contributed by atoms with Gasteiger partial charge in [-0.1, -0.05) is 65.7 Å². The summed E-state index contributed by atoms with van der Waals surface area (Å²) < 4.78 is 7.07. The number of nitrogens with one attached hydrogen (secondary N) is 2. The van der Waals surface area contributed by atoms with Gasteiger partial charge in [0.2, 0.25) is 5.95 Å². The monoisotopic (exact) mass is 471 g/mol. The number of fused-ring (bicyclic) bond motifs is 1. The van der Waals surface area contributed by atoms with Crippen LogP contribution in [0.15, 0.2) is 78.9 Å². The van der Waals surface area contributed by atoms with Crippen molar-refractivity contribution in [3.05, 3.63) is 106 Å². The number of anilines is 2. The molecule has 0 spiro atoms. The van der Waals surface area contributed by atoms with E-state index in [2.05, 4.69) is 51.1 Å². The molecular weight excluding hydrogens is 450 g/mol. The predicted molar refractivity (Wildman–Crippen MR) is 133 cm³/mol. The molecule has 5 rings (SSSR count). The number of aromatic nitrogens is 3. The standard InChI is InChI=1S/C26H22ClN5O2/c1-16-7-9-18(10-8-16)22-15-21(17-11-13-19(27)14-12-17)28-26-30-25(31-32(22)26)29-24(33)20-5-3-4-6-23(20)34-2/h3-15,22H,1-2H3,(H2,28,29,30,31,33)/t22-/m0/s1. The van der Waals surface area contributed by atoms with Gasteiger partial charge in [0, 0.05) is 10.7 Å². The Morgan fingerprint density at radius 1 is 1.06 bits per heavy atom. The molecule has 34 heavy (non-hydrogen) atoms. The molecule has 8 heteroatoms. The lowest BCUT2D eigenvalue weighted by Gasteiger charge is -2.24. The van der Waals surface area contributed by atoms with Crippen molar-refractivity contribution in [2.45, 2.75) is 13.0 Å². The number of halogens is 1. The Morgan fingerprint density at radius 2 is 1.79 bits per heavy atom.